The van der Waals surface area contributed by atoms with E-state index in [9.17, 15) is 0 Å². The van der Waals surface area contributed by atoms with Crippen molar-refractivity contribution >= 4 is 33.0 Å². The summed E-state index contributed by atoms with van der Waals surface area (Å²) in [4.78, 5) is 4.91. The van der Waals surface area contributed by atoms with Gasteiger partial charge in [0.05, 0.1) is 16.4 Å². The number of hydrogen-bond donors (Lipinski definition) is 0. The molecule has 258 valence electrons. The van der Waals surface area contributed by atoms with Crippen LogP contribution < -0.4 is 0 Å². The molecule has 10 aromatic rings. The molecule has 0 fully saturated rings. The third kappa shape index (κ3) is 4.02. The molecule has 2 aromatic heterocycles. The number of aromatic nitrogens is 2. The number of furan rings is 1. The zero-order valence-corrected chi connectivity index (χ0v) is 30.3. The van der Waals surface area contributed by atoms with E-state index < -0.39 is 0 Å². The van der Waals surface area contributed by atoms with Crippen LogP contribution in [-0.4, -0.2) is 9.55 Å². The van der Waals surface area contributed by atoms with Crippen LogP contribution in [0.5, 0.6) is 0 Å². The minimum absolute atomic E-state index is 0.373. The highest BCUT2D eigenvalue weighted by atomic mass is 16.3. The molecule has 0 atom stereocenters. The first kappa shape index (κ1) is 30.5. The van der Waals surface area contributed by atoms with Crippen molar-refractivity contribution < 1.29 is 4.42 Å². The molecular formula is C52H34N2O. The van der Waals surface area contributed by atoms with E-state index in [-0.39, 0.29) is 5.41 Å². The molecule has 0 unspecified atom stereocenters. The first-order valence-corrected chi connectivity index (χ1v) is 19.2. The summed E-state index contributed by atoms with van der Waals surface area (Å²) in [6.07, 6.45) is 0.858. The van der Waals surface area contributed by atoms with E-state index in [4.69, 9.17) is 9.40 Å². The molecular weight excluding hydrogens is 669 g/mol. The predicted octanol–water partition coefficient (Wildman–Crippen LogP) is 13.2. The Morgan fingerprint density at radius 1 is 0.509 bits per heavy atom. The van der Waals surface area contributed by atoms with Crippen molar-refractivity contribution in [2.24, 2.45) is 0 Å². The van der Waals surface area contributed by atoms with Crippen molar-refractivity contribution in [3.63, 3.8) is 0 Å². The second kappa shape index (κ2) is 11.3. The van der Waals surface area contributed by atoms with Crippen LogP contribution in [0.25, 0.3) is 83.2 Å². The topological polar surface area (TPSA) is 31.0 Å². The number of benzene rings is 8. The number of nitrogens with zero attached hydrogens (tertiary/aromatic N) is 2. The number of rotatable bonds is 4. The molecule has 3 heteroatoms. The quantitative estimate of drug-likeness (QED) is 0.183. The molecule has 12 rings (SSSR count). The second-order valence-electron chi connectivity index (χ2n) is 14.9. The van der Waals surface area contributed by atoms with Gasteiger partial charge in [0.2, 0.25) is 0 Å². The smallest absolute Gasteiger partial charge is 0.136 e. The standard InChI is InChI=1S/C52H34N2O/c1-2-49-53-45-22-9-10-23-46(45)54(49)34-28-25-32(26-29-34)35-17-12-24-48-51(35)40-31-33(27-30-47(40)55-48)36-16-11-21-44-50(36)39-15-5-8-20-43(39)52(44)41-18-6-3-13-37(41)38-14-4-7-19-42(38)52/h3-31H,2H2,1H3. The number of imidazole rings is 1. The Hall–Kier alpha value is -6.97. The van der Waals surface area contributed by atoms with Crippen molar-refractivity contribution in [1.82, 2.24) is 9.55 Å². The fraction of sp³-hybridized carbons (Fsp3) is 0.0577. The summed E-state index contributed by atoms with van der Waals surface area (Å²) < 4.78 is 8.84. The van der Waals surface area contributed by atoms with Crippen LogP contribution in [0, 0.1) is 0 Å². The summed E-state index contributed by atoms with van der Waals surface area (Å²) in [5.41, 5.74) is 20.1. The van der Waals surface area contributed by atoms with Crippen LogP contribution in [0.2, 0.25) is 0 Å². The Labute approximate surface area is 318 Å². The third-order valence-electron chi connectivity index (χ3n) is 12.2. The number of hydrogen-bond acceptors (Lipinski definition) is 2. The molecule has 2 aliphatic rings. The molecule has 3 nitrogen and oxygen atoms in total. The van der Waals surface area contributed by atoms with Gasteiger partial charge >= 0.3 is 0 Å². The lowest BCUT2D eigenvalue weighted by molar-refractivity contribution is 0.669. The highest BCUT2D eigenvalue weighted by Gasteiger charge is 2.51. The van der Waals surface area contributed by atoms with Crippen molar-refractivity contribution in [3.05, 3.63) is 204 Å². The summed E-state index contributed by atoms with van der Waals surface area (Å²) in [5, 5.41) is 2.26. The van der Waals surface area contributed by atoms with Gasteiger partial charge in [0, 0.05) is 22.9 Å². The summed E-state index contributed by atoms with van der Waals surface area (Å²) in [6, 6.07) is 64.4. The average Bonchev–Trinajstić information content (AvgIpc) is 3.98. The fourth-order valence-electron chi connectivity index (χ4n) is 10.0. The van der Waals surface area contributed by atoms with Gasteiger partial charge in [-0.25, -0.2) is 4.98 Å². The molecule has 2 heterocycles. The monoisotopic (exact) mass is 702 g/mol. The van der Waals surface area contributed by atoms with Crippen molar-refractivity contribution in [2.45, 2.75) is 18.8 Å². The molecule has 0 saturated heterocycles. The lowest BCUT2D eigenvalue weighted by atomic mass is 9.70. The van der Waals surface area contributed by atoms with Crippen LogP contribution >= 0.6 is 0 Å². The highest BCUT2D eigenvalue weighted by Crippen LogP contribution is 2.64. The maximum atomic E-state index is 6.56. The normalized spacial score (nSPS) is 13.4. The molecule has 8 aromatic carbocycles. The average molecular weight is 703 g/mol. The van der Waals surface area contributed by atoms with Gasteiger partial charge in [-0.2, -0.15) is 0 Å². The van der Waals surface area contributed by atoms with E-state index in [0.29, 0.717) is 0 Å². The molecule has 0 radical (unpaired) electrons. The lowest BCUT2D eigenvalue weighted by Gasteiger charge is -2.30. The second-order valence-corrected chi connectivity index (χ2v) is 14.9. The molecule has 0 aliphatic heterocycles. The fourth-order valence-corrected chi connectivity index (χ4v) is 10.0. The molecule has 2 aliphatic carbocycles. The van der Waals surface area contributed by atoms with Crippen LogP contribution in [0.4, 0.5) is 0 Å². The van der Waals surface area contributed by atoms with E-state index >= 15 is 0 Å². The van der Waals surface area contributed by atoms with Crippen LogP contribution in [0.1, 0.15) is 35.0 Å². The van der Waals surface area contributed by atoms with E-state index in [1.165, 1.54) is 55.6 Å². The van der Waals surface area contributed by atoms with Crippen LogP contribution in [0.15, 0.2) is 180 Å². The zero-order valence-electron chi connectivity index (χ0n) is 30.3. The molecule has 55 heavy (non-hydrogen) atoms. The van der Waals surface area contributed by atoms with Gasteiger partial charge in [-0.3, -0.25) is 4.57 Å². The maximum Gasteiger partial charge on any atom is 0.136 e. The Morgan fingerprint density at radius 3 is 1.87 bits per heavy atom. The predicted molar refractivity (Wildman–Crippen MR) is 225 cm³/mol. The lowest BCUT2D eigenvalue weighted by Crippen LogP contribution is -2.25. The van der Waals surface area contributed by atoms with Gasteiger partial charge in [-0.05, 0) is 109 Å². The van der Waals surface area contributed by atoms with Gasteiger partial charge in [0.15, 0.2) is 0 Å². The molecule has 0 bridgehead atoms. The van der Waals surface area contributed by atoms with Crippen LogP contribution in [-0.2, 0) is 11.8 Å². The molecule has 0 saturated carbocycles. The summed E-state index contributed by atoms with van der Waals surface area (Å²) in [6.45, 7) is 2.17. The third-order valence-corrected chi connectivity index (χ3v) is 12.2. The highest BCUT2D eigenvalue weighted by molar-refractivity contribution is 6.14. The van der Waals surface area contributed by atoms with E-state index in [0.717, 1.165) is 62.0 Å². The summed E-state index contributed by atoms with van der Waals surface area (Å²) in [5.74, 6) is 1.06. The minimum atomic E-state index is -0.373. The van der Waals surface area contributed by atoms with Gasteiger partial charge in [0.25, 0.3) is 0 Å². The zero-order chi connectivity index (χ0) is 36.3. The number of para-hydroxylation sites is 2. The van der Waals surface area contributed by atoms with E-state index in [2.05, 4.69) is 187 Å². The SMILES string of the molecule is CCc1nc2ccccc2n1-c1ccc(-c2cccc3oc4ccc(-c5cccc6c5-c5ccccc5C65c6ccccc6-c6ccccc65)cc4c23)cc1. The summed E-state index contributed by atoms with van der Waals surface area (Å²) in [7, 11) is 0. The Morgan fingerprint density at radius 2 is 1.11 bits per heavy atom. The Balaban J connectivity index is 1.04. The van der Waals surface area contributed by atoms with Gasteiger partial charge in [-0.15, -0.1) is 0 Å². The van der Waals surface area contributed by atoms with Crippen LogP contribution in [0.3, 0.4) is 0 Å². The van der Waals surface area contributed by atoms with Crippen molar-refractivity contribution in [3.8, 4) is 50.2 Å². The van der Waals surface area contributed by atoms with E-state index in [1.807, 2.05) is 0 Å². The maximum absolute atomic E-state index is 6.56. The van der Waals surface area contributed by atoms with Crippen molar-refractivity contribution in [1.29, 1.82) is 0 Å². The number of aryl methyl sites for hydroxylation is 1. The Bertz CT molecular complexity index is 3150. The van der Waals surface area contributed by atoms with Gasteiger partial charge in [-0.1, -0.05) is 140 Å². The molecule has 0 amide bonds. The largest absolute Gasteiger partial charge is 0.456 e. The van der Waals surface area contributed by atoms with E-state index in [1.54, 1.807) is 0 Å². The number of fused-ring (bicyclic) bond motifs is 14. The van der Waals surface area contributed by atoms with Gasteiger partial charge in [0.1, 0.15) is 17.0 Å². The van der Waals surface area contributed by atoms with Crippen molar-refractivity contribution in [2.75, 3.05) is 0 Å². The first-order valence-electron chi connectivity index (χ1n) is 19.2. The molecule has 1 spiro atoms. The van der Waals surface area contributed by atoms with Gasteiger partial charge < -0.3 is 4.42 Å². The molecule has 0 N–H and O–H groups in total. The minimum Gasteiger partial charge on any atom is -0.456 e. The Kier molecular flexibility index (Phi) is 6.25. The first-order chi connectivity index (χ1) is 27.2. The summed E-state index contributed by atoms with van der Waals surface area (Å²) >= 11 is 0.